The van der Waals surface area contributed by atoms with Gasteiger partial charge in [0.25, 0.3) is 5.91 Å². The van der Waals surface area contributed by atoms with Crippen LogP contribution in [-0.2, 0) is 11.2 Å². The number of nitrogens with zero attached hydrogens (tertiary/aromatic N) is 3. The molecule has 0 aliphatic carbocycles. The molecule has 0 radical (unpaired) electrons. The zero-order valence-electron chi connectivity index (χ0n) is 18.7. The second-order valence-electron chi connectivity index (χ2n) is 7.98. The first kappa shape index (κ1) is 22.2. The van der Waals surface area contributed by atoms with Crippen LogP contribution >= 0.6 is 0 Å². The first-order valence-electron chi connectivity index (χ1n) is 11.0. The molecule has 3 aromatic rings. The molecule has 2 aromatic carbocycles. The van der Waals surface area contributed by atoms with Crippen molar-refractivity contribution in [3.63, 3.8) is 0 Å². The van der Waals surface area contributed by atoms with Crippen molar-refractivity contribution in [2.45, 2.75) is 26.2 Å². The molecule has 1 aliphatic rings. The van der Waals surface area contributed by atoms with Crippen LogP contribution in [0.5, 0.6) is 0 Å². The molecular formula is C24H27N7O2. The van der Waals surface area contributed by atoms with Crippen molar-refractivity contribution in [3.8, 4) is 0 Å². The molecule has 9 nitrogen and oxygen atoms in total. The number of H-pyrrole nitrogens is 1. The van der Waals surface area contributed by atoms with Crippen LogP contribution in [0.25, 0.3) is 11.0 Å². The van der Waals surface area contributed by atoms with Gasteiger partial charge in [-0.1, -0.05) is 31.2 Å². The second-order valence-corrected chi connectivity index (χ2v) is 7.98. The topological polar surface area (TPSA) is 124 Å². The van der Waals surface area contributed by atoms with Crippen molar-refractivity contribution in [1.29, 1.82) is 0 Å². The van der Waals surface area contributed by atoms with Crippen molar-refractivity contribution in [3.05, 3.63) is 65.5 Å². The van der Waals surface area contributed by atoms with E-state index in [0.29, 0.717) is 24.5 Å². The number of imidazole rings is 1. The van der Waals surface area contributed by atoms with Crippen LogP contribution in [0.3, 0.4) is 0 Å². The molecule has 1 aliphatic heterocycles. The number of carbonyl (C=O) groups excluding carboxylic acids is 2. The van der Waals surface area contributed by atoms with Gasteiger partial charge in [-0.15, -0.1) is 0 Å². The molecule has 1 aromatic heterocycles. The van der Waals surface area contributed by atoms with Gasteiger partial charge in [0.2, 0.25) is 5.91 Å². The lowest BCUT2D eigenvalue weighted by molar-refractivity contribution is -0.121. The summed E-state index contributed by atoms with van der Waals surface area (Å²) in [4.78, 5) is 35.9. The first-order chi connectivity index (χ1) is 16.0. The van der Waals surface area contributed by atoms with E-state index in [1.807, 2.05) is 43.3 Å². The van der Waals surface area contributed by atoms with Gasteiger partial charge in [0, 0.05) is 43.5 Å². The summed E-state index contributed by atoms with van der Waals surface area (Å²) in [6.45, 7) is 2.64. The van der Waals surface area contributed by atoms with Crippen LogP contribution in [-0.4, -0.2) is 47.0 Å². The summed E-state index contributed by atoms with van der Waals surface area (Å²) in [5.74, 6) is 1.14. The summed E-state index contributed by atoms with van der Waals surface area (Å²) in [6, 6.07) is 15.0. The molecule has 2 amide bonds. The average Bonchev–Trinajstić information content (AvgIpc) is 3.23. The fraction of sp³-hybridized carbons (Fsp3) is 0.292. The maximum Gasteiger partial charge on any atom is 0.257 e. The third-order valence-electron chi connectivity index (χ3n) is 5.46. The Bertz CT molecular complexity index is 1210. The van der Waals surface area contributed by atoms with Gasteiger partial charge in [0.1, 0.15) is 5.82 Å². The maximum absolute atomic E-state index is 12.3. The molecule has 0 fully saturated rings. The van der Waals surface area contributed by atoms with E-state index in [9.17, 15) is 9.59 Å². The van der Waals surface area contributed by atoms with Crippen molar-refractivity contribution in [1.82, 2.24) is 26.0 Å². The van der Waals surface area contributed by atoms with Crippen molar-refractivity contribution < 1.29 is 9.59 Å². The minimum Gasteiger partial charge on any atom is -0.356 e. The molecule has 0 saturated heterocycles. The van der Waals surface area contributed by atoms with Gasteiger partial charge in [0.05, 0.1) is 16.7 Å². The number of hydrogen-bond donors (Lipinski definition) is 4. The number of aryl methyl sites for hydroxylation is 1. The monoisotopic (exact) mass is 445 g/mol. The van der Waals surface area contributed by atoms with Crippen molar-refractivity contribution >= 4 is 34.5 Å². The quantitative estimate of drug-likeness (QED) is 0.264. The minimum absolute atomic E-state index is 0.0549. The van der Waals surface area contributed by atoms with E-state index in [-0.39, 0.29) is 17.7 Å². The Hall–Kier alpha value is -4.01. The SMILES string of the molecule is CN=C(NCCCc1nc2ccc(C3=NNC(=O)CC3C)cc2[nH]1)NC(=O)c1ccccc1. The number of fused-ring (bicyclic) bond motifs is 1. The number of aromatic nitrogens is 2. The number of aromatic amines is 1. The summed E-state index contributed by atoms with van der Waals surface area (Å²) in [5.41, 5.74) is 6.83. The number of hydrogen-bond acceptors (Lipinski definition) is 5. The Morgan fingerprint density at radius 3 is 2.79 bits per heavy atom. The third-order valence-corrected chi connectivity index (χ3v) is 5.46. The second kappa shape index (κ2) is 10.1. The predicted octanol–water partition coefficient (Wildman–Crippen LogP) is 2.36. The number of nitrogens with one attached hydrogen (secondary N) is 4. The maximum atomic E-state index is 12.3. The van der Waals surface area contributed by atoms with Gasteiger partial charge >= 0.3 is 0 Å². The lowest BCUT2D eigenvalue weighted by Gasteiger charge is -2.18. The molecule has 0 spiro atoms. The summed E-state index contributed by atoms with van der Waals surface area (Å²) < 4.78 is 0. The first-order valence-corrected chi connectivity index (χ1v) is 11.0. The Labute approximate surface area is 191 Å². The van der Waals surface area contributed by atoms with Gasteiger partial charge in [-0.05, 0) is 30.7 Å². The van der Waals surface area contributed by atoms with E-state index in [1.54, 1.807) is 19.2 Å². The zero-order chi connectivity index (χ0) is 23.2. The normalized spacial score (nSPS) is 16.3. The van der Waals surface area contributed by atoms with Gasteiger partial charge in [-0.3, -0.25) is 19.9 Å². The minimum atomic E-state index is -0.201. The third kappa shape index (κ3) is 5.43. The van der Waals surface area contributed by atoms with Gasteiger partial charge in [-0.25, -0.2) is 10.4 Å². The molecule has 170 valence electrons. The average molecular weight is 446 g/mol. The van der Waals surface area contributed by atoms with Crippen molar-refractivity contribution in [2.75, 3.05) is 13.6 Å². The number of benzene rings is 2. The number of amides is 2. The summed E-state index contributed by atoms with van der Waals surface area (Å²) in [6.07, 6.45) is 1.99. The molecule has 9 heteroatoms. The number of guanidine groups is 1. The number of hydrazone groups is 1. The number of aliphatic imine (C=N–C) groups is 1. The van der Waals surface area contributed by atoms with E-state index in [1.165, 1.54) is 0 Å². The summed E-state index contributed by atoms with van der Waals surface area (Å²) >= 11 is 0. The lowest BCUT2D eigenvalue weighted by Crippen LogP contribution is -2.41. The molecule has 33 heavy (non-hydrogen) atoms. The fourth-order valence-corrected chi connectivity index (χ4v) is 3.75. The van der Waals surface area contributed by atoms with Crippen LogP contribution in [0.1, 0.15) is 41.5 Å². The lowest BCUT2D eigenvalue weighted by atomic mass is 9.94. The van der Waals surface area contributed by atoms with Crippen LogP contribution in [0, 0.1) is 5.92 Å². The van der Waals surface area contributed by atoms with Gasteiger partial charge in [-0.2, -0.15) is 5.10 Å². The predicted molar refractivity (Wildman–Crippen MR) is 128 cm³/mol. The Morgan fingerprint density at radius 1 is 1.21 bits per heavy atom. The van der Waals surface area contributed by atoms with Gasteiger partial charge < -0.3 is 10.3 Å². The zero-order valence-corrected chi connectivity index (χ0v) is 18.7. The van der Waals surface area contributed by atoms with E-state index >= 15 is 0 Å². The highest BCUT2D eigenvalue weighted by Gasteiger charge is 2.22. The van der Waals surface area contributed by atoms with E-state index in [0.717, 1.165) is 41.0 Å². The standard InChI is InChI=1S/C24H27N7O2/c1-15-13-21(32)30-31-22(15)17-10-11-18-19(14-17)28-20(27-18)9-6-12-26-24(25-2)29-23(33)16-7-4-3-5-8-16/h3-5,7-8,10-11,14-15H,6,9,12-13H2,1-2H3,(H,27,28)(H,30,32)(H2,25,26,29,33). The van der Waals surface area contributed by atoms with Crippen LogP contribution < -0.4 is 16.1 Å². The molecule has 1 unspecified atom stereocenters. The molecule has 4 N–H and O–H groups in total. The summed E-state index contributed by atoms with van der Waals surface area (Å²) in [7, 11) is 1.63. The van der Waals surface area contributed by atoms with Crippen LogP contribution in [0.2, 0.25) is 0 Å². The highest BCUT2D eigenvalue weighted by molar-refractivity contribution is 6.07. The number of rotatable bonds is 6. The van der Waals surface area contributed by atoms with E-state index in [4.69, 9.17) is 0 Å². The molecule has 0 bridgehead atoms. The van der Waals surface area contributed by atoms with E-state index < -0.39 is 0 Å². The number of carbonyl (C=O) groups is 2. The highest BCUT2D eigenvalue weighted by Crippen LogP contribution is 2.20. The summed E-state index contributed by atoms with van der Waals surface area (Å²) in [5, 5.41) is 10.2. The molecular weight excluding hydrogens is 418 g/mol. The van der Waals surface area contributed by atoms with E-state index in [2.05, 4.69) is 36.1 Å². The Morgan fingerprint density at radius 2 is 2.03 bits per heavy atom. The highest BCUT2D eigenvalue weighted by atomic mass is 16.2. The smallest absolute Gasteiger partial charge is 0.257 e. The molecule has 2 heterocycles. The molecule has 4 rings (SSSR count). The fourth-order valence-electron chi connectivity index (χ4n) is 3.75. The Kier molecular flexibility index (Phi) is 6.77. The van der Waals surface area contributed by atoms with Crippen molar-refractivity contribution in [2.24, 2.45) is 16.0 Å². The molecule has 0 saturated carbocycles. The van der Waals surface area contributed by atoms with Crippen LogP contribution in [0.15, 0.2) is 58.6 Å². The Balaban J connectivity index is 1.31. The molecule has 1 atom stereocenters. The van der Waals surface area contributed by atoms with Gasteiger partial charge in [0.15, 0.2) is 5.96 Å². The van der Waals surface area contributed by atoms with Crippen LogP contribution in [0.4, 0.5) is 0 Å². The largest absolute Gasteiger partial charge is 0.356 e.